The number of ether oxygens (including phenoxy) is 1. The maximum absolute atomic E-state index is 12.1. The largest absolute Gasteiger partial charge is 0.493 e. The summed E-state index contributed by atoms with van der Waals surface area (Å²) in [5.41, 5.74) is 8.02. The van der Waals surface area contributed by atoms with Crippen molar-refractivity contribution in [1.82, 2.24) is 10.2 Å². The molecule has 18 heavy (non-hydrogen) atoms. The number of carbonyl (C=O) groups excluding carboxylic acids is 1. The number of carbonyl (C=O) groups is 1. The van der Waals surface area contributed by atoms with Gasteiger partial charge in [-0.3, -0.25) is 10.1 Å². The highest BCUT2D eigenvalue weighted by atomic mass is 32.1. The Kier molecular flexibility index (Phi) is 3.73. The van der Waals surface area contributed by atoms with Gasteiger partial charge in [-0.25, -0.2) is 0 Å². The van der Waals surface area contributed by atoms with Gasteiger partial charge in [-0.1, -0.05) is 17.4 Å². The van der Waals surface area contributed by atoms with E-state index in [4.69, 9.17) is 10.5 Å². The number of rotatable bonds is 4. The van der Waals surface area contributed by atoms with E-state index in [1.54, 1.807) is 18.2 Å². The van der Waals surface area contributed by atoms with E-state index in [-0.39, 0.29) is 5.91 Å². The number of aromatic nitrogens is 2. The van der Waals surface area contributed by atoms with Gasteiger partial charge in [0, 0.05) is 5.69 Å². The molecule has 3 N–H and O–H groups in total. The summed E-state index contributed by atoms with van der Waals surface area (Å²) in [6, 6.07) is 5.09. The molecule has 0 saturated heterocycles. The highest BCUT2D eigenvalue weighted by Gasteiger charge is 2.17. The van der Waals surface area contributed by atoms with Crippen molar-refractivity contribution in [2.24, 2.45) is 0 Å². The van der Waals surface area contributed by atoms with Gasteiger partial charge in [0.1, 0.15) is 16.8 Å². The first-order chi connectivity index (χ1) is 8.72. The number of nitrogens with two attached hydrogens (primary N) is 1. The van der Waals surface area contributed by atoms with E-state index in [2.05, 4.69) is 15.5 Å². The lowest BCUT2D eigenvalue weighted by atomic mass is 10.1. The number of amides is 1. The van der Waals surface area contributed by atoms with Gasteiger partial charge in [0.25, 0.3) is 5.91 Å². The molecule has 1 heterocycles. The van der Waals surface area contributed by atoms with Gasteiger partial charge in [-0.15, -0.1) is 10.2 Å². The quantitative estimate of drug-likeness (QED) is 0.821. The first kappa shape index (κ1) is 12.3. The van der Waals surface area contributed by atoms with Crippen molar-refractivity contribution in [1.29, 1.82) is 0 Å². The minimum atomic E-state index is -0.353. The Labute approximate surface area is 108 Å². The first-order valence-electron chi connectivity index (χ1n) is 5.31. The van der Waals surface area contributed by atoms with E-state index in [9.17, 15) is 4.79 Å². The van der Waals surface area contributed by atoms with Gasteiger partial charge < -0.3 is 10.5 Å². The van der Waals surface area contributed by atoms with Gasteiger partial charge >= 0.3 is 0 Å². The number of nitrogens with one attached hydrogen (secondary N) is 1. The smallest absolute Gasteiger partial charge is 0.263 e. The Hall–Kier alpha value is -2.15. The maximum Gasteiger partial charge on any atom is 0.263 e. The molecule has 0 spiro atoms. The van der Waals surface area contributed by atoms with Crippen molar-refractivity contribution < 1.29 is 9.53 Å². The highest BCUT2D eigenvalue weighted by Crippen LogP contribution is 2.25. The van der Waals surface area contributed by atoms with Crippen molar-refractivity contribution >= 4 is 28.1 Å². The van der Waals surface area contributed by atoms with Crippen molar-refractivity contribution in [2.45, 2.75) is 6.92 Å². The normalized spacial score (nSPS) is 10.1. The Morgan fingerprint density at radius 2 is 2.39 bits per heavy atom. The summed E-state index contributed by atoms with van der Waals surface area (Å²) in [7, 11) is 0. The van der Waals surface area contributed by atoms with Crippen molar-refractivity contribution in [3.8, 4) is 5.75 Å². The molecule has 0 aliphatic carbocycles. The summed E-state index contributed by atoms with van der Waals surface area (Å²) in [6.45, 7) is 2.30. The second-order valence-electron chi connectivity index (χ2n) is 3.35. The molecule has 0 bridgehead atoms. The minimum Gasteiger partial charge on any atom is -0.493 e. The van der Waals surface area contributed by atoms with Gasteiger partial charge in [0.05, 0.1) is 6.61 Å². The number of anilines is 2. The summed E-state index contributed by atoms with van der Waals surface area (Å²) >= 11 is 1.24. The van der Waals surface area contributed by atoms with E-state index in [0.29, 0.717) is 28.7 Å². The zero-order valence-electron chi connectivity index (χ0n) is 9.71. The monoisotopic (exact) mass is 264 g/mol. The molecule has 7 heteroatoms. The Morgan fingerprint density at radius 3 is 3.06 bits per heavy atom. The number of benzene rings is 1. The molecule has 1 amide bonds. The van der Waals surface area contributed by atoms with E-state index < -0.39 is 0 Å². The predicted octanol–water partition coefficient (Wildman–Crippen LogP) is 1.77. The fourth-order valence-electron chi connectivity index (χ4n) is 1.45. The summed E-state index contributed by atoms with van der Waals surface area (Å²) in [4.78, 5) is 12.1. The van der Waals surface area contributed by atoms with E-state index in [0.717, 1.165) is 0 Å². The van der Waals surface area contributed by atoms with Crippen LogP contribution in [0.1, 0.15) is 17.3 Å². The van der Waals surface area contributed by atoms with Gasteiger partial charge in [0.2, 0.25) is 5.13 Å². The summed E-state index contributed by atoms with van der Waals surface area (Å²) in [5.74, 6) is 0.104. The maximum atomic E-state index is 12.1. The average Bonchev–Trinajstić information content (AvgIpc) is 2.82. The topological polar surface area (TPSA) is 90.1 Å². The zero-order chi connectivity index (χ0) is 13.0. The van der Waals surface area contributed by atoms with Crippen molar-refractivity contribution in [3.63, 3.8) is 0 Å². The Morgan fingerprint density at radius 1 is 1.56 bits per heavy atom. The van der Waals surface area contributed by atoms with Crippen LogP contribution in [0.25, 0.3) is 0 Å². The van der Waals surface area contributed by atoms with E-state index >= 15 is 0 Å². The third-order valence-electron chi connectivity index (χ3n) is 2.17. The molecule has 0 saturated carbocycles. The van der Waals surface area contributed by atoms with Crippen LogP contribution in [-0.2, 0) is 0 Å². The van der Waals surface area contributed by atoms with E-state index in [1.807, 2.05) is 6.92 Å². The molecule has 0 unspecified atom stereocenters. The molecule has 0 aliphatic heterocycles. The summed E-state index contributed by atoms with van der Waals surface area (Å²) in [5, 5.41) is 10.4. The molecule has 94 valence electrons. The molecule has 0 atom stereocenters. The Balaban J connectivity index is 2.28. The molecule has 2 rings (SSSR count). The third kappa shape index (κ3) is 2.57. The molecule has 1 aromatic heterocycles. The van der Waals surface area contributed by atoms with Crippen LogP contribution in [0.2, 0.25) is 0 Å². The molecule has 0 aliphatic rings. The molecule has 6 nitrogen and oxygen atoms in total. The van der Waals surface area contributed by atoms with Crippen LogP contribution in [0.5, 0.6) is 5.75 Å². The lowest BCUT2D eigenvalue weighted by Crippen LogP contribution is -2.15. The third-order valence-corrected chi connectivity index (χ3v) is 2.77. The zero-order valence-corrected chi connectivity index (χ0v) is 10.5. The molecule has 0 radical (unpaired) electrons. The molecule has 0 fully saturated rings. The van der Waals surface area contributed by atoms with Gasteiger partial charge in [-0.2, -0.15) is 0 Å². The Bertz CT molecular complexity index is 542. The average molecular weight is 264 g/mol. The van der Waals surface area contributed by atoms with Crippen LogP contribution in [0.3, 0.4) is 0 Å². The minimum absolute atomic E-state index is 0.314. The van der Waals surface area contributed by atoms with Crippen molar-refractivity contribution in [2.75, 3.05) is 17.7 Å². The number of nitrogens with zero attached hydrogens (tertiary/aromatic N) is 2. The standard InChI is InChI=1S/C11H12N4O2S/c1-2-17-8-5-3-4-7(12)9(8)10(16)14-11-15-13-6-18-11/h3-6H,2,12H2,1H3,(H,14,15,16). The number of hydrogen-bond donors (Lipinski definition) is 2. The SMILES string of the molecule is CCOc1cccc(N)c1C(=O)Nc1nncs1. The highest BCUT2D eigenvalue weighted by molar-refractivity contribution is 7.13. The van der Waals surface area contributed by atoms with Crippen LogP contribution < -0.4 is 15.8 Å². The second kappa shape index (κ2) is 5.46. The number of hydrogen-bond acceptors (Lipinski definition) is 6. The van der Waals surface area contributed by atoms with Crippen LogP contribution in [0.4, 0.5) is 10.8 Å². The van der Waals surface area contributed by atoms with E-state index in [1.165, 1.54) is 16.8 Å². The van der Waals surface area contributed by atoms with Crippen LogP contribution in [0, 0.1) is 0 Å². The van der Waals surface area contributed by atoms with Crippen LogP contribution >= 0.6 is 11.3 Å². The van der Waals surface area contributed by atoms with Crippen molar-refractivity contribution in [3.05, 3.63) is 29.3 Å². The fourth-order valence-corrected chi connectivity index (χ4v) is 1.89. The summed E-state index contributed by atoms with van der Waals surface area (Å²) in [6.07, 6.45) is 0. The lowest BCUT2D eigenvalue weighted by molar-refractivity contribution is 0.102. The summed E-state index contributed by atoms with van der Waals surface area (Å²) < 4.78 is 5.38. The van der Waals surface area contributed by atoms with Gasteiger partial charge in [0.15, 0.2) is 0 Å². The molecule has 2 aromatic rings. The van der Waals surface area contributed by atoms with Gasteiger partial charge in [-0.05, 0) is 19.1 Å². The molecular formula is C11H12N4O2S. The number of nitrogen functional groups attached to an aromatic ring is 1. The second-order valence-corrected chi connectivity index (χ2v) is 4.18. The molecule has 1 aromatic carbocycles. The first-order valence-corrected chi connectivity index (χ1v) is 6.19. The predicted molar refractivity (Wildman–Crippen MR) is 69.9 cm³/mol. The fraction of sp³-hybridized carbons (Fsp3) is 0.182. The van der Waals surface area contributed by atoms with Crippen LogP contribution in [-0.4, -0.2) is 22.7 Å². The molecular weight excluding hydrogens is 252 g/mol. The van der Waals surface area contributed by atoms with Crippen LogP contribution in [0.15, 0.2) is 23.7 Å². The lowest BCUT2D eigenvalue weighted by Gasteiger charge is -2.11.